The lowest BCUT2D eigenvalue weighted by molar-refractivity contribution is 0.168. The quantitative estimate of drug-likeness (QED) is 0.0834. The Morgan fingerprint density at radius 1 is 0.419 bits per heavy atom. The summed E-state index contributed by atoms with van der Waals surface area (Å²) in [6, 6.07) is 0. The van der Waals surface area contributed by atoms with Crippen molar-refractivity contribution in [2.24, 2.45) is 52.5 Å². The molecule has 0 spiro atoms. The van der Waals surface area contributed by atoms with Crippen molar-refractivity contribution in [3.63, 3.8) is 0 Å². The lowest BCUT2D eigenvalue weighted by atomic mass is 9.76. The second-order valence-electron chi connectivity index (χ2n) is 19.6. The van der Waals surface area contributed by atoms with Crippen molar-refractivity contribution in [3.8, 4) is 0 Å². The van der Waals surface area contributed by atoms with Gasteiger partial charge in [0.05, 0.1) is 70.3 Å². The highest BCUT2D eigenvalue weighted by Crippen LogP contribution is 2.47. The zero-order valence-corrected chi connectivity index (χ0v) is 39.3. The Kier molecular flexibility index (Phi) is 13.7. The molecule has 5 aliphatic heterocycles. The van der Waals surface area contributed by atoms with Gasteiger partial charge in [0.25, 0.3) is 10.1 Å². The van der Waals surface area contributed by atoms with Crippen LogP contribution in [0.3, 0.4) is 0 Å². The molecule has 9 fully saturated rings. The van der Waals surface area contributed by atoms with E-state index in [2.05, 4.69) is 52.0 Å². The van der Waals surface area contributed by atoms with Gasteiger partial charge in [-0.3, -0.25) is 47.1 Å². The zero-order valence-electron chi connectivity index (χ0n) is 34.5. The lowest BCUT2D eigenvalue weighted by Crippen LogP contribution is -2.61. The van der Waals surface area contributed by atoms with Crippen molar-refractivity contribution in [1.82, 2.24) is 52.0 Å². The summed E-state index contributed by atoms with van der Waals surface area (Å²) in [5, 5.41) is 33.7. The molecule has 0 aromatic carbocycles. The molecule has 9 rings (SSSR count). The van der Waals surface area contributed by atoms with E-state index < -0.39 is 61.2 Å². The number of nitrogens with two attached hydrogens (primary N) is 1. The van der Waals surface area contributed by atoms with Gasteiger partial charge < -0.3 is 0 Å². The van der Waals surface area contributed by atoms with E-state index in [1.165, 1.54) is 0 Å². The average Bonchev–Trinajstić information content (AvgIpc) is 3.96. The molecule has 4 aliphatic carbocycles. The van der Waals surface area contributed by atoms with Gasteiger partial charge in [-0.15, -0.1) is 23.2 Å². The Hall–Kier alpha value is -0.100. The molecule has 5 heterocycles. The number of hydrogen-bond acceptors (Lipinski definition) is 16. The summed E-state index contributed by atoms with van der Waals surface area (Å²) in [4.78, 5) is 0. The van der Waals surface area contributed by atoms with Crippen LogP contribution in [0.25, 0.3) is 0 Å². The first kappa shape index (κ1) is 47.0. The molecule has 5 saturated heterocycles. The minimum Gasteiger partial charge on any atom is -0.286 e. The van der Waals surface area contributed by atoms with Gasteiger partial charge >= 0.3 is 0 Å². The lowest BCUT2D eigenvalue weighted by Gasteiger charge is -2.38. The number of halogens is 2. The third kappa shape index (κ3) is 9.25. The van der Waals surface area contributed by atoms with Gasteiger partial charge in [0, 0.05) is 24.8 Å². The molecule has 26 heteroatoms. The number of nitrogens with one attached hydrogen (secondary N) is 10. The fourth-order valence-corrected chi connectivity index (χ4v) is 18.9. The van der Waals surface area contributed by atoms with Crippen LogP contribution in [0.5, 0.6) is 0 Å². The molecule has 0 aromatic heterocycles. The van der Waals surface area contributed by atoms with E-state index in [1.54, 1.807) is 0 Å². The van der Waals surface area contributed by atoms with E-state index in [1.807, 2.05) is 0 Å². The normalized spacial score (nSPS) is 47.3. The molecule has 20 nitrogen and oxygen atoms in total. The maximum atomic E-state index is 13.6. The maximum absolute atomic E-state index is 13.6. The van der Waals surface area contributed by atoms with Crippen molar-refractivity contribution in [2.45, 2.75) is 147 Å². The second kappa shape index (κ2) is 18.1. The highest BCUT2D eigenvalue weighted by molar-refractivity contribution is 7.90. The first-order valence-electron chi connectivity index (χ1n) is 22.5. The number of sulfonamides is 3. The molecule has 8 bridgehead atoms. The summed E-state index contributed by atoms with van der Waals surface area (Å²) in [5.74, 6) is -0.218. The largest absolute Gasteiger partial charge is 0.286 e. The van der Waals surface area contributed by atoms with Gasteiger partial charge in [-0.1, -0.05) is 0 Å². The van der Waals surface area contributed by atoms with Gasteiger partial charge in [-0.05, 0) is 124 Å². The molecule has 20 unspecified atom stereocenters. The predicted octanol–water partition coefficient (Wildman–Crippen LogP) is -1.99. The Morgan fingerprint density at radius 3 is 0.968 bits per heavy atom. The Balaban J connectivity index is 1.07. The maximum Gasteiger partial charge on any atom is 0.267 e. The topological polar surface area (TPSA) is 303 Å². The van der Waals surface area contributed by atoms with Crippen molar-refractivity contribution in [2.75, 3.05) is 24.8 Å². The average molecular weight is 995 g/mol. The van der Waals surface area contributed by atoms with Crippen LogP contribution in [0.15, 0.2) is 0 Å². The summed E-state index contributed by atoms with van der Waals surface area (Å²) in [7, 11) is -15.4. The van der Waals surface area contributed by atoms with Crippen molar-refractivity contribution in [1.29, 1.82) is 0 Å². The number of fused-ring (bicyclic) bond motifs is 20. The van der Waals surface area contributed by atoms with Crippen molar-refractivity contribution < 1.29 is 38.2 Å². The molecule has 20 atom stereocenters. The van der Waals surface area contributed by atoms with Gasteiger partial charge in [0.2, 0.25) is 30.1 Å². The number of hydrogen-bond donors (Lipinski definition) is 12. The van der Waals surface area contributed by atoms with Crippen molar-refractivity contribution >= 4 is 63.4 Å². The van der Waals surface area contributed by atoms with Crippen LogP contribution in [0.1, 0.15) is 77.0 Å². The Labute approximate surface area is 376 Å². The van der Waals surface area contributed by atoms with Crippen LogP contribution >= 0.6 is 23.2 Å². The Bertz CT molecular complexity index is 2030. The van der Waals surface area contributed by atoms with Crippen LogP contribution < -0.4 is 57.1 Å². The molecule has 13 N–H and O–H groups in total. The minimum atomic E-state index is -4.30. The van der Waals surface area contributed by atoms with E-state index in [9.17, 15) is 38.2 Å². The standard InChI is InChI=1S/C36H65Cl2N11O9S4/c37-9-11-40-60(52,53)18-2-6-22-26(14-18)34-44-29-21-5-1-17(59(39,50)51)13-25(21)33(42-29)43-32-24-8-4-20(62(56,57)58)16-28(24)36(49-32)48-31-23-7-3-19(61(54,55)41-12-10-38)15-27(23)35(47-31)46-30(22)45-34/h17-36,40-49H,1-16H2,(H2,39,50,51)(H,56,57,58). The molecule has 0 amide bonds. The van der Waals surface area contributed by atoms with Crippen LogP contribution in [0.2, 0.25) is 0 Å². The summed E-state index contributed by atoms with van der Waals surface area (Å²) >= 11 is 11.8. The molecule has 356 valence electrons. The molecule has 9 aliphatic rings. The van der Waals surface area contributed by atoms with E-state index in [-0.39, 0.29) is 128 Å². The number of alkyl halides is 2. The molecule has 0 aromatic rings. The second-order valence-corrected chi connectivity index (χ2v) is 28.0. The molecule has 4 saturated carbocycles. The first-order valence-corrected chi connectivity index (χ1v) is 29.8. The summed E-state index contributed by atoms with van der Waals surface area (Å²) in [6.07, 6.45) is 2.86. The summed E-state index contributed by atoms with van der Waals surface area (Å²) < 4.78 is 121. The van der Waals surface area contributed by atoms with Crippen LogP contribution in [0.4, 0.5) is 0 Å². The zero-order chi connectivity index (χ0) is 43.9. The van der Waals surface area contributed by atoms with Crippen LogP contribution in [-0.2, 0) is 40.2 Å². The highest BCUT2D eigenvalue weighted by Gasteiger charge is 2.58. The molecule has 0 radical (unpaired) electrons. The van der Waals surface area contributed by atoms with Gasteiger partial charge in [0.15, 0.2) is 0 Å². The fraction of sp³-hybridized carbons (Fsp3) is 1.00. The van der Waals surface area contributed by atoms with Gasteiger partial charge in [-0.25, -0.2) is 39.8 Å². The predicted molar refractivity (Wildman–Crippen MR) is 234 cm³/mol. The monoisotopic (exact) mass is 993 g/mol. The third-order valence-electron chi connectivity index (χ3n) is 16.5. The highest BCUT2D eigenvalue weighted by atomic mass is 35.5. The summed E-state index contributed by atoms with van der Waals surface area (Å²) in [5.41, 5.74) is 0. The van der Waals surface area contributed by atoms with E-state index in [4.69, 9.17) is 28.3 Å². The van der Waals surface area contributed by atoms with Crippen molar-refractivity contribution in [3.05, 3.63) is 0 Å². The molecular weight excluding hydrogens is 930 g/mol. The van der Waals surface area contributed by atoms with Gasteiger partial charge in [0.1, 0.15) is 0 Å². The van der Waals surface area contributed by atoms with Crippen LogP contribution in [-0.4, -0.2) is 133 Å². The fourth-order valence-electron chi connectivity index (χ4n) is 13.6. The SMILES string of the molecule is NS(=O)(=O)C1CCC2C3NC(NC4NC(NC5NC(NC6NC(N3)C3CC(S(=O)(=O)NCCCl)CCC63)C3CC(S(=O)(=O)NCCCl)CCC53)C3CC(S(=O)(=O)O)CCC43)C2C1. The van der Waals surface area contributed by atoms with Crippen LogP contribution in [0, 0.1) is 47.3 Å². The van der Waals surface area contributed by atoms with Gasteiger partial charge in [-0.2, -0.15) is 8.42 Å². The number of rotatable bonds is 10. The van der Waals surface area contributed by atoms with E-state index >= 15 is 0 Å². The Morgan fingerprint density at radius 2 is 0.677 bits per heavy atom. The molecular formula is C36H65Cl2N11O9S4. The molecule has 62 heavy (non-hydrogen) atoms. The van der Waals surface area contributed by atoms with E-state index in [0.29, 0.717) is 70.6 Å². The number of primary sulfonamides is 1. The third-order valence-corrected chi connectivity index (χ3v) is 23.3. The van der Waals surface area contributed by atoms with E-state index in [0.717, 1.165) is 0 Å². The summed E-state index contributed by atoms with van der Waals surface area (Å²) in [6.45, 7) is 0.283. The first-order chi connectivity index (χ1) is 29.3. The minimum absolute atomic E-state index is 0.00621. The smallest absolute Gasteiger partial charge is 0.267 e.